The van der Waals surface area contributed by atoms with Gasteiger partial charge < -0.3 is 5.32 Å². The molecule has 2 aromatic rings. The van der Waals surface area contributed by atoms with Crippen LogP contribution in [-0.4, -0.2) is 19.9 Å². The molecule has 76 valence electrons. The van der Waals surface area contributed by atoms with E-state index in [9.17, 15) is 0 Å². The van der Waals surface area contributed by atoms with Gasteiger partial charge in [-0.3, -0.25) is 0 Å². The monoisotopic (exact) mass is 265 g/mol. The number of hydrogen-bond donors (Lipinski definition) is 1. The zero-order chi connectivity index (χ0) is 10.5. The van der Waals surface area contributed by atoms with Gasteiger partial charge in [-0.05, 0) is 22.0 Å². The summed E-state index contributed by atoms with van der Waals surface area (Å²) in [6.45, 7) is 0.587. The van der Waals surface area contributed by atoms with E-state index in [1.54, 1.807) is 18.6 Å². The summed E-state index contributed by atoms with van der Waals surface area (Å²) in [4.78, 5) is 16.1. The number of nitrogens with zero attached hydrogens (tertiary/aromatic N) is 4. The molecule has 2 aromatic heterocycles. The zero-order valence-corrected chi connectivity index (χ0v) is 9.35. The van der Waals surface area contributed by atoms with Gasteiger partial charge >= 0.3 is 0 Å². The number of aromatic nitrogens is 4. The van der Waals surface area contributed by atoms with Crippen molar-refractivity contribution in [3.05, 3.63) is 41.2 Å². The highest BCUT2D eigenvalue weighted by molar-refractivity contribution is 9.10. The van der Waals surface area contributed by atoms with Crippen LogP contribution in [0.5, 0.6) is 0 Å². The van der Waals surface area contributed by atoms with Crippen LogP contribution in [0.25, 0.3) is 0 Å². The van der Waals surface area contributed by atoms with E-state index in [-0.39, 0.29) is 0 Å². The summed E-state index contributed by atoms with van der Waals surface area (Å²) in [5.41, 5.74) is 0.900. The lowest BCUT2D eigenvalue weighted by Gasteiger charge is -2.02. The van der Waals surface area contributed by atoms with E-state index >= 15 is 0 Å². The molecule has 0 bridgehead atoms. The first-order chi connectivity index (χ1) is 7.34. The van der Waals surface area contributed by atoms with Crippen molar-refractivity contribution in [3.63, 3.8) is 0 Å². The van der Waals surface area contributed by atoms with Crippen LogP contribution in [0.15, 0.2) is 35.5 Å². The largest absolute Gasteiger partial charge is 0.349 e. The van der Waals surface area contributed by atoms with Gasteiger partial charge in [0.05, 0.1) is 16.7 Å². The van der Waals surface area contributed by atoms with Crippen molar-refractivity contribution in [2.75, 3.05) is 5.32 Å². The molecule has 0 unspecified atom stereocenters. The third kappa shape index (κ3) is 2.95. The fraction of sp³-hybridized carbons (Fsp3) is 0.111. The minimum absolute atomic E-state index is 0.580. The van der Waals surface area contributed by atoms with Crippen molar-refractivity contribution >= 4 is 21.9 Å². The predicted octanol–water partition coefficient (Wildman–Crippen LogP) is 1.64. The summed E-state index contributed by atoms with van der Waals surface area (Å²) in [5, 5.41) is 3.05. The third-order valence-corrected chi connectivity index (χ3v) is 2.10. The molecule has 0 aliphatic heterocycles. The molecule has 0 saturated carbocycles. The molecular formula is C9H8BrN5. The van der Waals surface area contributed by atoms with Gasteiger partial charge in [-0.15, -0.1) is 0 Å². The Kier molecular flexibility index (Phi) is 3.18. The molecule has 0 amide bonds. The average Bonchev–Trinajstić information content (AvgIpc) is 2.30. The second-order valence-electron chi connectivity index (χ2n) is 2.78. The molecular weight excluding hydrogens is 258 g/mol. The maximum Gasteiger partial charge on any atom is 0.222 e. The van der Waals surface area contributed by atoms with Crippen molar-refractivity contribution in [1.82, 2.24) is 19.9 Å². The van der Waals surface area contributed by atoms with Crippen molar-refractivity contribution in [2.45, 2.75) is 6.54 Å². The van der Waals surface area contributed by atoms with Crippen LogP contribution in [0, 0.1) is 0 Å². The van der Waals surface area contributed by atoms with Crippen LogP contribution in [-0.2, 0) is 6.54 Å². The van der Waals surface area contributed by atoms with Gasteiger partial charge in [0.2, 0.25) is 5.95 Å². The van der Waals surface area contributed by atoms with E-state index in [1.165, 1.54) is 6.33 Å². The standard InChI is InChI=1S/C9H8BrN5/c10-7-3-12-9(13-4-7)14-5-8-1-2-11-6-15-8/h1-4,6H,5H2,(H,12,13,14). The van der Waals surface area contributed by atoms with Gasteiger partial charge in [0.15, 0.2) is 0 Å². The molecule has 0 atom stereocenters. The molecule has 0 saturated heterocycles. The molecule has 0 spiro atoms. The highest BCUT2D eigenvalue weighted by Crippen LogP contribution is 2.07. The van der Waals surface area contributed by atoms with Crippen LogP contribution in [0.4, 0.5) is 5.95 Å². The normalized spacial score (nSPS) is 9.93. The molecule has 2 rings (SSSR count). The molecule has 0 aliphatic carbocycles. The van der Waals surface area contributed by atoms with Gasteiger partial charge in [0, 0.05) is 18.6 Å². The van der Waals surface area contributed by atoms with Crippen LogP contribution >= 0.6 is 15.9 Å². The minimum atomic E-state index is 0.580. The molecule has 0 fully saturated rings. The number of hydrogen-bond acceptors (Lipinski definition) is 5. The van der Waals surface area contributed by atoms with E-state index in [0.717, 1.165) is 10.2 Å². The number of halogens is 1. The van der Waals surface area contributed by atoms with Gasteiger partial charge in [-0.25, -0.2) is 19.9 Å². The maximum absolute atomic E-state index is 4.08. The lowest BCUT2D eigenvalue weighted by atomic mass is 10.4. The lowest BCUT2D eigenvalue weighted by molar-refractivity contribution is 0.976. The molecule has 0 aromatic carbocycles. The lowest BCUT2D eigenvalue weighted by Crippen LogP contribution is -2.04. The Morgan fingerprint density at radius 1 is 1.20 bits per heavy atom. The summed E-state index contributed by atoms with van der Waals surface area (Å²) in [7, 11) is 0. The Morgan fingerprint density at radius 3 is 2.67 bits per heavy atom. The smallest absolute Gasteiger partial charge is 0.222 e. The second-order valence-corrected chi connectivity index (χ2v) is 3.69. The quantitative estimate of drug-likeness (QED) is 0.914. The molecule has 15 heavy (non-hydrogen) atoms. The predicted molar refractivity (Wildman–Crippen MR) is 59.1 cm³/mol. The molecule has 1 N–H and O–H groups in total. The highest BCUT2D eigenvalue weighted by atomic mass is 79.9. The van der Waals surface area contributed by atoms with Crippen molar-refractivity contribution in [1.29, 1.82) is 0 Å². The van der Waals surface area contributed by atoms with Crippen molar-refractivity contribution in [3.8, 4) is 0 Å². The number of rotatable bonds is 3. The summed E-state index contributed by atoms with van der Waals surface area (Å²) in [5.74, 6) is 0.580. The Morgan fingerprint density at radius 2 is 2.00 bits per heavy atom. The van der Waals surface area contributed by atoms with Gasteiger partial charge in [-0.1, -0.05) is 0 Å². The Bertz CT molecular complexity index is 416. The Labute approximate surface area is 95.1 Å². The first-order valence-electron chi connectivity index (χ1n) is 4.31. The average molecular weight is 266 g/mol. The van der Waals surface area contributed by atoms with E-state index < -0.39 is 0 Å². The molecule has 0 aliphatic rings. The Hall–Kier alpha value is -1.56. The summed E-state index contributed by atoms with van der Waals surface area (Å²) < 4.78 is 0.857. The zero-order valence-electron chi connectivity index (χ0n) is 7.76. The minimum Gasteiger partial charge on any atom is -0.349 e. The van der Waals surface area contributed by atoms with Crippen molar-refractivity contribution < 1.29 is 0 Å². The summed E-state index contributed by atoms with van der Waals surface area (Å²) >= 11 is 3.27. The first kappa shape index (κ1) is 9.97. The number of nitrogens with one attached hydrogen (secondary N) is 1. The van der Waals surface area contributed by atoms with Crippen LogP contribution < -0.4 is 5.32 Å². The van der Waals surface area contributed by atoms with E-state index in [1.807, 2.05) is 6.07 Å². The molecule has 6 heteroatoms. The molecule has 5 nitrogen and oxygen atoms in total. The Balaban J connectivity index is 1.96. The fourth-order valence-corrected chi connectivity index (χ4v) is 1.20. The fourth-order valence-electron chi connectivity index (χ4n) is 0.996. The van der Waals surface area contributed by atoms with E-state index in [2.05, 4.69) is 41.2 Å². The summed E-state index contributed by atoms with van der Waals surface area (Å²) in [6, 6.07) is 1.84. The second kappa shape index (κ2) is 4.79. The van der Waals surface area contributed by atoms with E-state index in [0.29, 0.717) is 12.5 Å². The molecule has 0 radical (unpaired) electrons. The number of anilines is 1. The maximum atomic E-state index is 4.08. The van der Waals surface area contributed by atoms with Gasteiger partial charge in [0.1, 0.15) is 6.33 Å². The molecule has 2 heterocycles. The van der Waals surface area contributed by atoms with Gasteiger partial charge in [-0.2, -0.15) is 0 Å². The highest BCUT2D eigenvalue weighted by Gasteiger charge is 1.96. The van der Waals surface area contributed by atoms with Gasteiger partial charge in [0.25, 0.3) is 0 Å². The van der Waals surface area contributed by atoms with Crippen molar-refractivity contribution in [2.24, 2.45) is 0 Å². The summed E-state index contributed by atoms with van der Waals surface area (Å²) in [6.07, 6.45) is 6.59. The van der Waals surface area contributed by atoms with E-state index in [4.69, 9.17) is 0 Å². The topological polar surface area (TPSA) is 63.6 Å². The third-order valence-electron chi connectivity index (χ3n) is 1.69. The van der Waals surface area contributed by atoms with Crippen LogP contribution in [0.2, 0.25) is 0 Å². The first-order valence-corrected chi connectivity index (χ1v) is 5.10. The van der Waals surface area contributed by atoms with Crippen LogP contribution in [0.1, 0.15) is 5.69 Å². The van der Waals surface area contributed by atoms with Crippen LogP contribution in [0.3, 0.4) is 0 Å². The SMILES string of the molecule is Brc1cnc(NCc2ccncn2)nc1.